The topological polar surface area (TPSA) is 29.5 Å². The highest BCUT2D eigenvalue weighted by molar-refractivity contribution is 5.28. The lowest BCUT2D eigenvalue weighted by atomic mass is 10.1. The summed E-state index contributed by atoms with van der Waals surface area (Å²) in [6.45, 7) is 6.71. The van der Waals surface area contributed by atoms with Crippen molar-refractivity contribution in [3.8, 4) is 5.75 Å². The van der Waals surface area contributed by atoms with E-state index in [1.54, 1.807) is 6.92 Å². The van der Waals surface area contributed by atoms with Crippen LogP contribution in [0.2, 0.25) is 0 Å². The van der Waals surface area contributed by atoms with Crippen molar-refractivity contribution in [3.05, 3.63) is 29.8 Å². The Labute approximate surface area is 85.5 Å². The summed E-state index contributed by atoms with van der Waals surface area (Å²) < 4.78 is 5.52. The average molecular weight is 194 g/mol. The summed E-state index contributed by atoms with van der Waals surface area (Å²) in [5, 5.41) is 9.29. The second-order valence-electron chi connectivity index (χ2n) is 3.95. The van der Waals surface area contributed by atoms with E-state index in [9.17, 15) is 5.11 Å². The van der Waals surface area contributed by atoms with Crippen LogP contribution in [0.25, 0.3) is 0 Å². The van der Waals surface area contributed by atoms with Gasteiger partial charge in [-0.3, -0.25) is 0 Å². The van der Waals surface area contributed by atoms with E-state index in [-0.39, 0.29) is 0 Å². The van der Waals surface area contributed by atoms with Gasteiger partial charge in [0.1, 0.15) is 5.75 Å². The van der Waals surface area contributed by atoms with Crippen LogP contribution in [0, 0.1) is 5.92 Å². The molecule has 0 aromatic heterocycles. The molecule has 14 heavy (non-hydrogen) atoms. The Bertz CT molecular complexity index is 262. The summed E-state index contributed by atoms with van der Waals surface area (Å²) in [6.07, 6.45) is -0.408. The average Bonchev–Trinajstić information content (AvgIpc) is 2.15. The molecule has 0 fully saturated rings. The standard InChI is InChI=1S/C12H18O2/c1-9(2)8-14-12-6-4-11(5-7-12)10(3)13/h4-7,9-10,13H,8H2,1-3H3/t10-/m1/s1. The summed E-state index contributed by atoms with van der Waals surface area (Å²) in [4.78, 5) is 0. The second-order valence-corrected chi connectivity index (χ2v) is 3.95. The number of hydrogen-bond donors (Lipinski definition) is 1. The molecule has 0 aliphatic carbocycles. The van der Waals surface area contributed by atoms with Gasteiger partial charge >= 0.3 is 0 Å². The van der Waals surface area contributed by atoms with E-state index < -0.39 is 6.10 Å². The lowest BCUT2D eigenvalue weighted by Crippen LogP contribution is -2.04. The SMILES string of the molecule is CC(C)COc1ccc([C@@H](C)O)cc1. The van der Waals surface area contributed by atoms with Crippen LogP contribution in [-0.4, -0.2) is 11.7 Å². The maximum atomic E-state index is 9.29. The Kier molecular flexibility index (Phi) is 3.96. The molecule has 0 saturated carbocycles. The zero-order chi connectivity index (χ0) is 10.6. The van der Waals surface area contributed by atoms with Crippen LogP contribution in [0.3, 0.4) is 0 Å². The molecule has 0 saturated heterocycles. The molecular weight excluding hydrogens is 176 g/mol. The van der Waals surface area contributed by atoms with Gasteiger partial charge in [0.25, 0.3) is 0 Å². The van der Waals surface area contributed by atoms with Crippen LogP contribution >= 0.6 is 0 Å². The summed E-state index contributed by atoms with van der Waals surface area (Å²) in [5.41, 5.74) is 0.918. The predicted molar refractivity (Wildman–Crippen MR) is 57.4 cm³/mol. The van der Waals surface area contributed by atoms with E-state index in [1.807, 2.05) is 24.3 Å². The van der Waals surface area contributed by atoms with Crippen LogP contribution < -0.4 is 4.74 Å². The Morgan fingerprint density at radius 1 is 1.14 bits per heavy atom. The minimum absolute atomic E-state index is 0.408. The van der Waals surface area contributed by atoms with Crippen molar-refractivity contribution in [2.45, 2.75) is 26.9 Å². The van der Waals surface area contributed by atoms with E-state index in [0.29, 0.717) is 5.92 Å². The first-order valence-electron chi connectivity index (χ1n) is 5.00. The van der Waals surface area contributed by atoms with Crippen molar-refractivity contribution in [1.29, 1.82) is 0 Å². The number of ether oxygens (including phenoxy) is 1. The van der Waals surface area contributed by atoms with Gasteiger partial charge in [-0.1, -0.05) is 26.0 Å². The predicted octanol–water partition coefficient (Wildman–Crippen LogP) is 2.77. The molecular formula is C12H18O2. The van der Waals surface area contributed by atoms with Gasteiger partial charge in [-0.25, -0.2) is 0 Å². The maximum Gasteiger partial charge on any atom is 0.119 e. The number of hydrogen-bond acceptors (Lipinski definition) is 2. The lowest BCUT2D eigenvalue weighted by Gasteiger charge is -2.09. The fourth-order valence-corrected chi connectivity index (χ4v) is 1.11. The number of benzene rings is 1. The Morgan fingerprint density at radius 2 is 1.71 bits per heavy atom. The van der Waals surface area contributed by atoms with Gasteiger partial charge in [0, 0.05) is 0 Å². The molecule has 78 valence electrons. The Hall–Kier alpha value is -1.02. The van der Waals surface area contributed by atoms with Crippen LogP contribution in [0.15, 0.2) is 24.3 Å². The molecule has 0 unspecified atom stereocenters. The zero-order valence-electron chi connectivity index (χ0n) is 9.03. The van der Waals surface area contributed by atoms with E-state index >= 15 is 0 Å². The third-order valence-corrected chi connectivity index (χ3v) is 1.95. The van der Waals surface area contributed by atoms with Gasteiger partial charge in [0.15, 0.2) is 0 Å². The normalized spacial score (nSPS) is 12.9. The molecule has 0 spiro atoms. The molecule has 0 amide bonds. The smallest absolute Gasteiger partial charge is 0.119 e. The molecule has 0 aliphatic rings. The fraction of sp³-hybridized carbons (Fsp3) is 0.500. The van der Waals surface area contributed by atoms with Gasteiger partial charge in [-0.05, 0) is 30.5 Å². The first-order chi connectivity index (χ1) is 6.59. The number of aliphatic hydroxyl groups excluding tert-OH is 1. The van der Waals surface area contributed by atoms with E-state index in [1.165, 1.54) is 0 Å². The van der Waals surface area contributed by atoms with Crippen LogP contribution in [0.4, 0.5) is 0 Å². The van der Waals surface area contributed by atoms with Crippen LogP contribution in [0.5, 0.6) is 5.75 Å². The molecule has 0 radical (unpaired) electrons. The van der Waals surface area contributed by atoms with Gasteiger partial charge in [-0.2, -0.15) is 0 Å². The minimum atomic E-state index is -0.408. The molecule has 0 bridgehead atoms. The first-order valence-corrected chi connectivity index (χ1v) is 5.00. The summed E-state index contributed by atoms with van der Waals surface area (Å²) in [6, 6.07) is 7.56. The molecule has 1 aromatic rings. The van der Waals surface area contributed by atoms with Crippen molar-refractivity contribution in [2.24, 2.45) is 5.92 Å². The molecule has 1 aromatic carbocycles. The lowest BCUT2D eigenvalue weighted by molar-refractivity contribution is 0.199. The van der Waals surface area contributed by atoms with Crippen molar-refractivity contribution >= 4 is 0 Å². The maximum absolute atomic E-state index is 9.29. The molecule has 1 atom stereocenters. The van der Waals surface area contributed by atoms with Crippen LogP contribution in [0.1, 0.15) is 32.4 Å². The van der Waals surface area contributed by atoms with Gasteiger partial charge in [0.2, 0.25) is 0 Å². The number of rotatable bonds is 4. The molecule has 2 nitrogen and oxygen atoms in total. The summed E-state index contributed by atoms with van der Waals surface area (Å²) >= 11 is 0. The highest BCUT2D eigenvalue weighted by atomic mass is 16.5. The second kappa shape index (κ2) is 5.01. The summed E-state index contributed by atoms with van der Waals surface area (Å²) in [5.74, 6) is 1.40. The third-order valence-electron chi connectivity index (χ3n) is 1.95. The zero-order valence-corrected chi connectivity index (χ0v) is 9.03. The number of aliphatic hydroxyl groups is 1. The molecule has 1 rings (SSSR count). The minimum Gasteiger partial charge on any atom is -0.493 e. The Balaban J connectivity index is 2.55. The molecule has 0 heterocycles. The monoisotopic (exact) mass is 194 g/mol. The first kappa shape index (κ1) is 11.1. The highest BCUT2D eigenvalue weighted by Crippen LogP contribution is 2.17. The van der Waals surface area contributed by atoms with Gasteiger partial charge in [0.05, 0.1) is 12.7 Å². The molecule has 0 aliphatic heterocycles. The van der Waals surface area contributed by atoms with Gasteiger partial charge in [-0.15, -0.1) is 0 Å². The van der Waals surface area contributed by atoms with E-state index in [2.05, 4.69) is 13.8 Å². The largest absolute Gasteiger partial charge is 0.493 e. The quantitative estimate of drug-likeness (QED) is 0.798. The van der Waals surface area contributed by atoms with Crippen molar-refractivity contribution in [1.82, 2.24) is 0 Å². The molecule has 2 heteroatoms. The third kappa shape index (κ3) is 3.38. The van der Waals surface area contributed by atoms with Crippen molar-refractivity contribution in [3.63, 3.8) is 0 Å². The Morgan fingerprint density at radius 3 is 2.14 bits per heavy atom. The van der Waals surface area contributed by atoms with E-state index in [0.717, 1.165) is 17.9 Å². The van der Waals surface area contributed by atoms with Crippen LogP contribution in [-0.2, 0) is 0 Å². The molecule has 1 N–H and O–H groups in total. The fourth-order valence-electron chi connectivity index (χ4n) is 1.11. The van der Waals surface area contributed by atoms with Gasteiger partial charge < -0.3 is 9.84 Å². The van der Waals surface area contributed by atoms with E-state index in [4.69, 9.17) is 4.74 Å². The highest BCUT2D eigenvalue weighted by Gasteiger charge is 2.01. The van der Waals surface area contributed by atoms with Crippen molar-refractivity contribution in [2.75, 3.05) is 6.61 Å². The van der Waals surface area contributed by atoms with Crippen molar-refractivity contribution < 1.29 is 9.84 Å². The summed E-state index contributed by atoms with van der Waals surface area (Å²) in [7, 11) is 0.